The average Bonchev–Trinajstić information content (AvgIpc) is 2.90. The number of thioether (sulfide) groups is 1. The van der Waals surface area contributed by atoms with E-state index >= 15 is 0 Å². The van der Waals surface area contributed by atoms with Gasteiger partial charge in [-0.05, 0) is 24.3 Å². The summed E-state index contributed by atoms with van der Waals surface area (Å²) in [6.45, 7) is 0. The minimum absolute atomic E-state index is 0.0671. The zero-order valence-corrected chi connectivity index (χ0v) is 10.9. The van der Waals surface area contributed by atoms with Gasteiger partial charge in [0, 0.05) is 4.90 Å². The standard InChI is InChI=1S/C14H11N3OS/c18-14(10-19-11-6-2-1-3-7-11)17-13-9-5-4-8-12(13)15-16-17/h1-9H,10H2. The lowest BCUT2D eigenvalue weighted by atomic mass is 10.3. The fourth-order valence-corrected chi connectivity index (χ4v) is 2.54. The van der Waals surface area contributed by atoms with Crippen molar-refractivity contribution in [3.8, 4) is 0 Å². The molecule has 0 fully saturated rings. The highest BCUT2D eigenvalue weighted by molar-refractivity contribution is 8.00. The van der Waals surface area contributed by atoms with Crippen molar-refractivity contribution < 1.29 is 4.79 Å². The van der Waals surface area contributed by atoms with Crippen LogP contribution in [-0.2, 0) is 0 Å². The summed E-state index contributed by atoms with van der Waals surface area (Å²) in [6.07, 6.45) is 0. The maximum Gasteiger partial charge on any atom is 0.259 e. The predicted octanol–water partition coefficient (Wildman–Crippen LogP) is 2.86. The van der Waals surface area contributed by atoms with Gasteiger partial charge < -0.3 is 0 Å². The molecule has 19 heavy (non-hydrogen) atoms. The first-order valence-electron chi connectivity index (χ1n) is 5.86. The summed E-state index contributed by atoms with van der Waals surface area (Å²) in [4.78, 5) is 13.2. The lowest BCUT2D eigenvalue weighted by Crippen LogP contribution is -2.14. The molecule has 0 spiro atoms. The largest absolute Gasteiger partial charge is 0.272 e. The van der Waals surface area contributed by atoms with Crippen LogP contribution in [0.4, 0.5) is 0 Å². The number of hydrogen-bond acceptors (Lipinski definition) is 4. The highest BCUT2D eigenvalue weighted by Crippen LogP contribution is 2.18. The minimum atomic E-state index is -0.0671. The van der Waals surface area contributed by atoms with Crippen LogP contribution < -0.4 is 0 Å². The number of para-hydroxylation sites is 1. The summed E-state index contributed by atoms with van der Waals surface area (Å²) in [5, 5.41) is 7.89. The maximum absolute atomic E-state index is 12.1. The van der Waals surface area contributed by atoms with Crippen molar-refractivity contribution >= 4 is 28.7 Å². The summed E-state index contributed by atoms with van der Waals surface area (Å²) in [5.74, 6) is 0.278. The van der Waals surface area contributed by atoms with Crippen LogP contribution in [0.5, 0.6) is 0 Å². The van der Waals surface area contributed by atoms with E-state index in [0.29, 0.717) is 5.75 Å². The van der Waals surface area contributed by atoms with Gasteiger partial charge in [-0.3, -0.25) is 4.79 Å². The van der Waals surface area contributed by atoms with Gasteiger partial charge in [0.15, 0.2) is 0 Å². The second-order valence-corrected chi connectivity index (χ2v) is 5.03. The molecular formula is C14H11N3OS. The van der Waals surface area contributed by atoms with Gasteiger partial charge in [0.05, 0.1) is 11.3 Å². The SMILES string of the molecule is O=C(CSc1ccccc1)n1nnc2ccccc21. The number of rotatable bonds is 3. The molecule has 1 aromatic heterocycles. The van der Waals surface area contributed by atoms with Gasteiger partial charge in [-0.2, -0.15) is 4.68 Å². The highest BCUT2D eigenvalue weighted by Gasteiger charge is 2.11. The van der Waals surface area contributed by atoms with E-state index in [1.165, 1.54) is 16.4 Å². The predicted molar refractivity (Wildman–Crippen MR) is 75.3 cm³/mol. The Morgan fingerprint density at radius 2 is 1.79 bits per heavy atom. The molecule has 0 saturated heterocycles. The lowest BCUT2D eigenvalue weighted by molar-refractivity contribution is 0.0930. The minimum Gasteiger partial charge on any atom is -0.272 e. The van der Waals surface area contributed by atoms with Crippen LogP contribution in [0.2, 0.25) is 0 Å². The third-order valence-electron chi connectivity index (χ3n) is 2.69. The van der Waals surface area contributed by atoms with Crippen molar-refractivity contribution in [2.75, 3.05) is 5.75 Å². The summed E-state index contributed by atoms with van der Waals surface area (Å²) in [5.41, 5.74) is 1.49. The topological polar surface area (TPSA) is 47.8 Å². The smallest absolute Gasteiger partial charge is 0.259 e. The van der Waals surface area contributed by atoms with Crippen molar-refractivity contribution in [3.05, 3.63) is 54.6 Å². The number of carbonyl (C=O) groups is 1. The van der Waals surface area contributed by atoms with Crippen molar-refractivity contribution in [3.63, 3.8) is 0 Å². The number of carbonyl (C=O) groups excluding carboxylic acids is 1. The summed E-state index contributed by atoms with van der Waals surface area (Å²) in [6, 6.07) is 17.3. The average molecular weight is 269 g/mol. The highest BCUT2D eigenvalue weighted by atomic mass is 32.2. The fourth-order valence-electron chi connectivity index (χ4n) is 1.78. The molecule has 0 bridgehead atoms. The quantitative estimate of drug-likeness (QED) is 0.686. The van der Waals surface area contributed by atoms with Crippen LogP contribution >= 0.6 is 11.8 Å². The van der Waals surface area contributed by atoms with Crippen LogP contribution in [0, 0.1) is 0 Å². The first-order chi connectivity index (χ1) is 9.34. The second-order valence-electron chi connectivity index (χ2n) is 3.99. The van der Waals surface area contributed by atoms with Gasteiger partial charge in [0.1, 0.15) is 5.52 Å². The third kappa shape index (κ3) is 2.51. The Labute approximate surface area is 114 Å². The molecule has 0 amide bonds. The first kappa shape index (κ1) is 11.9. The molecule has 3 rings (SSSR count). The molecular weight excluding hydrogens is 258 g/mol. The number of hydrogen-bond donors (Lipinski definition) is 0. The van der Waals surface area contributed by atoms with Gasteiger partial charge in [-0.15, -0.1) is 16.9 Å². The van der Waals surface area contributed by atoms with E-state index in [1.54, 1.807) is 0 Å². The molecule has 0 saturated carbocycles. The molecule has 0 aliphatic rings. The molecule has 94 valence electrons. The molecule has 1 heterocycles. The zero-order valence-electron chi connectivity index (χ0n) is 10.1. The fraction of sp³-hybridized carbons (Fsp3) is 0.0714. The molecule has 4 nitrogen and oxygen atoms in total. The molecule has 0 unspecified atom stereocenters. The number of aromatic nitrogens is 3. The Morgan fingerprint density at radius 3 is 2.63 bits per heavy atom. The van der Waals surface area contributed by atoms with Crippen molar-refractivity contribution in [2.45, 2.75) is 4.90 Å². The number of nitrogens with zero attached hydrogens (tertiary/aromatic N) is 3. The van der Waals surface area contributed by atoms with Crippen molar-refractivity contribution in [1.29, 1.82) is 0 Å². The van der Waals surface area contributed by atoms with Crippen LogP contribution in [0.3, 0.4) is 0 Å². The Kier molecular flexibility index (Phi) is 3.29. The van der Waals surface area contributed by atoms with Crippen LogP contribution in [0.25, 0.3) is 11.0 Å². The summed E-state index contributed by atoms with van der Waals surface area (Å²) in [7, 11) is 0. The first-order valence-corrected chi connectivity index (χ1v) is 6.84. The second kappa shape index (κ2) is 5.24. The van der Waals surface area contributed by atoms with Crippen molar-refractivity contribution in [1.82, 2.24) is 15.0 Å². The maximum atomic E-state index is 12.1. The van der Waals surface area contributed by atoms with E-state index in [4.69, 9.17) is 0 Å². The molecule has 3 aromatic rings. The van der Waals surface area contributed by atoms with E-state index < -0.39 is 0 Å². The normalized spacial score (nSPS) is 10.7. The molecule has 2 aromatic carbocycles. The zero-order chi connectivity index (χ0) is 13.1. The van der Waals surface area contributed by atoms with Crippen LogP contribution in [0.1, 0.15) is 4.79 Å². The summed E-state index contributed by atoms with van der Waals surface area (Å²) < 4.78 is 1.37. The van der Waals surface area contributed by atoms with E-state index in [2.05, 4.69) is 10.3 Å². The monoisotopic (exact) mass is 269 g/mol. The van der Waals surface area contributed by atoms with Crippen LogP contribution in [0.15, 0.2) is 59.5 Å². The molecule has 0 aliphatic carbocycles. The molecule has 0 aliphatic heterocycles. The Hall–Kier alpha value is -2.14. The molecule has 5 heteroatoms. The Morgan fingerprint density at radius 1 is 1.05 bits per heavy atom. The van der Waals surface area contributed by atoms with E-state index in [1.807, 2.05) is 54.6 Å². The lowest BCUT2D eigenvalue weighted by Gasteiger charge is -2.01. The molecule has 0 N–H and O–H groups in total. The van der Waals surface area contributed by atoms with E-state index in [0.717, 1.165) is 15.9 Å². The third-order valence-corrected chi connectivity index (χ3v) is 3.69. The Balaban J connectivity index is 1.77. The molecule has 0 atom stereocenters. The number of benzene rings is 2. The number of fused-ring (bicyclic) bond motifs is 1. The van der Waals surface area contributed by atoms with E-state index in [-0.39, 0.29) is 5.91 Å². The Bertz CT molecular complexity index is 709. The molecule has 0 radical (unpaired) electrons. The van der Waals surface area contributed by atoms with E-state index in [9.17, 15) is 4.79 Å². The summed E-state index contributed by atoms with van der Waals surface area (Å²) >= 11 is 1.50. The van der Waals surface area contributed by atoms with Crippen molar-refractivity contribution in [2.24, 2.45) is 0 Å². The van der Waals surface area contributed by atoms with Gasteiger partial charge in [-0.1, -0.05) is 35.5 Å². The van der Waals surface area contributed by atoms with Gasteiger partial charge in [-0.25, -0.2) is 0 Å². The van der Waals surface area contributed by atoms with Crippen LogP contribution in [-0.4, -0.2) is 26.7 Å². The van der Waals surface area contributed by atoms with Gasteiger partial charge >= 0.3 is 0 Å². The van der Waals surface area contributed by atoms with Gasteiger partial charge in [0.2, 0.25) is 0 Å². The van der Waals surface area contributed by atoms with Gasteiger partial charge in [0.25, 0.3) is 5.91 Å².